The van der Waals surface area contributed by atoms with Gasteiger partial charge in [-0.3, -0.25) is 9.78 Å². The van der Waals surface area contributed by atoms with Crippen molar-refractivity contribution < 1.29 is 17.4 Å². The molecule has 1 heterocycles. The number of nitrogens with zero attached hydrogens (tertiary/aromatic N) is 1. The Morgan fingerprint density at radius 3 is 2.38 bits per heavy atom. The lowest BCUT2D eigenvalue weighted by Crippen LogP contribution is -2.11. The van der Waals surface area contributed by atoms with Gasteiger partial charge < -0.3 is 4.72 Å². The number of carbonyl (C=O) groups excluding carboxylic acids is 1. The lowest BCUT2D eigenvalue weighted by atomic mass is 10.0. The Morgan fingerprint density at radius 2 is 1.76 bits per heavy atom. The smallest absolute Gasteiger partial charge is 0.195 e. The van der Waals surface area contributed by atoms with E-state index in [9.17, 15) is 17.4 Å². The summed E-state index contributed by atoms with van der Waals surface area (Å²) in [7, 11) is -5.06. The van der Waals surface area contributed by atoms with Gasteiger partial charge in [0.2, 0.25) is 0 Å². The van der Waals surface area contributed by atoms with Gasteiger partial charge in [-0.1, -0.05) is 11.6 Å². The van der Waals surface area contributed by atoms with Gasteiger partial charge in [-0.2, -0.15) is 0 Å². The number of hydrogen-bond donors (Lipinski definition) is 1. The Hall–Kier alpha value is -2.55. The molecule has 150 valence electrons. The van der Waals surface area contributed by atoms with Crippen LogP contribution in [-0.2, 0) is 20.8 Å². The number of nitrogens with one attached hydrogen (secondary N) is 1. The third-order valence-corrected chi connectivity index (χ3v) is 6.52. The number of aromatic nitrogens is 1. The molecule has 1 aromatic heterocycles. The third kappa shape index (κ3) is 5.09. The van der Waals surface area contributed by atoms with E-state index in [0.29, 0.717) is 26.9 Å². The summed E-state index contributed by atoms with van der Waals surface area (Å²) in [5, 5.41) is 0.368. The number of sulfone groups is 1. The second kappa shape index (κ2) is 8.44. The van der Waals surface area contributed by atoms with Gasteiger partial charge in [-0.05, 0) is 61.5 Å². The number of ketones is 1. The summed E-state index contributed by atoms with van der Waals surface area (Å²) < 4.78 is 38.7. The SMILES string of the molecule is Cc1cc(C(=O)c2cc(Cl)ccc2NS(=O)c2ccc(S(C)(=O)=O)cc2)ccn1. The number of rotatable bonds is 6. The second-order valence-corrected chi connectivity index (χ2v) is 9.98. The van der Waals surface area contributed by atoms with Gasteiger partial charge in [-0.15, -0.1) is 0 Å². The number of benzene rings is 2. The highest BCUT2D eigenvalue weighted by molar-refractivity contribution is 7.90. The van der Waals surface area contributed by atoms with Gasteiger partial charge in [0.25, 0.3) is 0 Å². The standard InChI is InChI=1S/C20H17ClN2O4S2/c1-13-11-14(9-10-22-13)20(24)18-12-15(21)3-8-19(18)23-28(25)16-4-6-17(7-5-16)29(2,26)27/h3-12,23H,1-2H3. The van der Waals surface area contributed by atoms with Crippen molar-refractivity contribution in [3.8, 4) is 0 Å². The molecule has 0 radical (unpaired) electrons. The largest absolute Gasteiger partial charge is 0.300 e. The number of aryl methyl sites for hydroxylation is 1. The molecule has 0 spiro atoms. The Balaban J connectivity index is 1.91. The number of pyridine rings is 1. The molecule has 1 unspecified atom stereocenters. The van der Waals surface area contributed by atoms with Crippen LogP contribution in [0.1, 0.15) is 21.6 Å². The average Bonchev–Trinajstić information content (AvgIpc) is 2.68. The van der Waals surface area contributed by atoms with Crippen LogP contribution in [0, 0.1) is 6.92 Å². The first-order valence-electron chi connectivity index (χ1n) is 8.40. The summed E-state index contributed by atoms with van der Waals surface area (Å²) in [6.45, 7) is 1.78. The molecular weight excluding hydrogens is 432 g/mol. The third-order valence-electron chi connectivity index (χ3n) is 4.05. The predicted molar refractivity (Wildman–Crippen MR) is 113 cm³/mol. The van der Waals surface area contributed by atoms with Crippen molar-refractivity contribution in [2.45, 2.75) is 16.7 Å². The lowest BCUT2D eigenvalue weighted by Gasteiger charge is -2.12. The maximum atomic E-state index is 13.0. The molecule has 29 heavy (non-hydrogen) atoms. The molecule has 0 fully saturated rings. The van der Waals surface area contributed by atoms with Crippen LogP contribution in [0.4, 0.5) is 5.69 Å². The molecule has 0 aliphatic carbocycles. The lowest BCUT2D eigenvalue weighted by molar-refractivity contribution is 0.103. The number of halogens is 1. The highest BCUT2D eigenvalue weighted by atomic mass is 35.5. The molecule has 3 rings (SSSR count). The first kappa shape index (κ1) is 21.2. The van der Waals surface area contributed by atoms with Crippen molar-refractivity contribution in [3.05, 3.63) is 82.6 Å². The highest BCUT2D eigenvalue weighted by Crippen LogP contribution is 2.25. The molecule has 3 aromatic rings. The normalized spacial score (nSPS) is 12.4. The fourth-order valence-corrected chi connectivity index (χ4v) is 4.29. The Bertz CT molecular complexity index is 1210. The maximum absolute atomic E-state index is 13.0. The quantitative estimate of drug-likeness (QED) is 0.578. The van der Waals surface area contributed by atoms with E-state index in [0.717, 1.165) is 6.26 Å². The van der Waals surface area contributed by atoms with E-state index in [4.69, 9.17) is 11.6 Å². The predicted octanol–water partition coefficient (Wildman–Crippen LogP) is 3.81. The molecular formula is C20H17ClN2O4S2. The van der Waals surface area contributed by atoms with Gasteiger partial charge in [0.15, 0.2) is 15.6 Å². The summed E-state index contributed by atoms with van der Waals surface area (Å²) in [4.78, 5) is 17.5. The van der Waals surface area contributed by atoms with E-state index in [1.807, 2.05) is 0 Å². The Labute approximate surface area is 176 Å². The van der Waals surface area contributed by atoms with Crippen molar-refractivity contribution in [2.24, 2.45) is 0 Å². The minimum atomic E-state index is -3.34. The molecule has 1 atom stereocenters. The van der Waals surface area contributed by atoms with Gasteiger partial charge >= 0.3 is 0 Å². The van der Waals surface area contributed by atoms with Crippen LogP contribution >= 0.6 is 11.6 Å². The summed E-state index contributed by atoms with van der Waals surface area (Å²) >= 11 is 6.07. The zero-order valence-corrected chi connectivity index (χ0v) is 17.9. The Morgan fingerprint density at radius 1 is 1.07 bits per heavy atom. The highest BCUT2D eigenvalue weighted by Gasteiger charge is 2.17. The molecule has 1 N–H and O–H groups in total. The molecule has 2 aromatic carbocycles. The van der Waals surface area contributed by atoms with Crippen LogP contribution in [0.2, 0.25) is 5.02 Å². The van der Waals surface area contributed by atoms with Gasteiger partial charge in [0, 0.05) is 34.3 Å². The molecule has 9 heteroatoms. The summed E-state index contributed by atoms with van der Waals surface area (Å²) in [6.07, 6.45) is 2.64. The monoisotopic (exact) mass is 448 g/mol. The van der Waals surface area contributed by atoms with Crippen molar-refractivity contribution >= 4 is 43.9 Å². The number of hydrogen-bond acceptors (Lipinski definition) is 5. The fourth-order valence-electron chi connectivity index (χ4n) is 2.60. The van der Waals surface area contributed by atoms with Crippen LogP contribution in [0.5, 0.6) is 0 Å². The Kier molecular flexibility index (Phi) is 6.16. The second-order valence-electron chi connectivity index (χ2n) is 6.32. The average molecular weight is 449 g/mol. The summed E-state index contributed by atoms with van der Waals surface area (Å²) in [6, 6.07) is 13.6. The van der Waals surface area contributed by atoms with Crippen LogP contribution in [0.3, 0.4) is 0 Å². The zero-order chi connectivity index (χ0) is 21.2. The van der Waals surface area contributed by atoms with Crippen LogP contribution in [0.15, 0.2) is 70.6 Å². The first-order chi connectivity index (χ1) is 13.6. The fraction of sp³-hybridized carbons (Fsp3) is 0.100. The minimum absolute atomic E-state index is 0.133. The van der Waals surface area contributed by atoms with E-state index >= 15 is 0 Å². The van der Waals surface area contributed by atoms with Crippen LogP contribution in [0.25, 0.3) is 0 Å². The number of anilines is 1. The van der Waals surface area contributed by atoms with E-state index in [2.05, 4.69) is 9.71 Å². The van der Waals surface area contributed by atoms with E-state index in [1.165, 1.54) is 30.3 Å². The van der Waals surface area contributed by atoms with Crippen LogP contribution in [-0.4, -0.2) is 29.6 Å². The molecule has 0 aliphatic heterocycles. The molecule has 0 amide bonds. The first-order valence-corrected chi connectivity index (χ1v) is 11.8. The number of carbonyl (C=O) groups is 1. The maximum Gasteiger partial charge on any atom is 0.195 e. The molecule has 0 saturated heterocycles. The minimum Gasteiger partial charge on any atom is -0.300 e. The van der Waals surface area contributed by atoms with Crippen LogP contribution < -0.4 is 4.72 Å². The zero-order valence-electron chi connectivity index (χ0n) is 15.5. The van der Waals surface area contributed by atoms with Crippen molar-refractivity contribution in [2.75, 3.05) is 11.0 Å². The van der Waals surface area contributed by atoms with Crippen molar-refractivity contribution in [1.29, 1.82) is 0 Å². The molecule has 6 nitrogen and oxygen atoms in total. The van der Waals surface area contributed by atoms with Gasteiger partial charge in [0.05, 0.1) is 15.5 Å². The van der Waals surface area contributed by atoms with E-state index < -0.39 is 20.8 Å². The molecule has 0 aliphatic rings. The molecule has 0 bridgehead atoms. The van der Waals surface area contributed by atoms with Crippen molar-refractivity contribution in [3.63, 3.8) is 0 Å². The van der Waals surface area contributed by atoms with E-state index in [1.54, 1.807) is 37.4 Å². The van der Waals surface area contributed by atoms with Crippen molar-refractivity contribution in [1.82, 2.24) is 4.98 Å². The van der Waals surface area contributed by atoms with E-state index in [-0.39, 0.29) is 16.2 Å². The topological polar surface area (TPSA) is 93.2 Å². The van der Waals surface area contributed by atoms with Gasteiger partial charge in [-0.25, -0.2) is 12.6 Å². The molecule has 0 saturated carbocycles. The summed E-state index contributed by atoms with van der Waals surface area (Å²) in [5.41, 5.74) is 1.75. The summed E-state index contributed by atoms with van der Waals surface area (Å²) in [5.74, 6) is -0.287. The van der Waals surface area contributed by atoms with Gasteiger partial charge in [0.1, 0.15) is 11.0 Å².